The Labute approximate surface area is 94.2 Å². The quantitative estimate of drug-likeness (QED) is 0.415. The summed E-state index contributed by atoms with van der Waals surface area (Å²) in [5, 5.41) is 16.9. The second kappa shape index (κ2) is 5.19. The van der Waals surface area contributed by atoms with Crippen molar-refractivity contribution in [3.8, 4) is 0 Å². The van der Waals surface area contributed by atoms with Crippen molar-refractivity contribution in [2.75, 3.05) is 0 Å². The normalized spacial score (nSPS) is 14.6. The third-order valence-corrected chi connectivity index (χ3v) is 3.55. The first kappa shape index (κ1) is 12.1. The molecule has 0 radical (unpaired) electrons. The summed E-state index contributed by atoms with van der Waals surface area (Å²) in [5.74, 6) is 0.0656. The molecular formula is C11H16N2OS. The highest BCUT2D eigenvalue weighted by atomic mass is 32.2. The van der Waals surface area contributed by atoms with Crippen LogP contribution in [0.2, 0.25) is 0 Å². The minimum atomic E-state index is -0.380. The molecule has 4 heteroatoms. The summed E-state index contributed by atoms with van der Waals surface area (Å²) in [6.45, 7) is 3.71. The molecule has 0 saturated carbocycles. The predicted octanol–water partition coefficient (Wildman–Crippen LogP) is 1.83. The maximum Gasteiger partial charge on any atom is 0.123 e. The fourth-order valence-electron chi connectivity index (χ4n) is 1.09. The monoisotopic (exact) mass is 224 g/mol. The molecule has 2 unspecified atom stereocenters. The van der Waals surface area contributed by atoms with Crippen LogP contribution in [0.15, 0.2) is 29.2 Å². The number of thioether (sulfide) groups is 1. The molecule has 0 aromatic heterocycles. The Kier molecular flexibility index (Phi) is 4.17. The average molecular weight is 224 g/mol. The number of hydrogen-bond acceptors (Lipinski definition) is 3. The van der Waals surface area contributed by atoms with Gasteiger partial charge in [-0.2, -0.15) is 0 Å². The van der Waals surface area contributed by atoms with Crippen molar-refractivity contribution >= 4 is 17.6 Å². The molecule has 2 atom stereocenters. The van der Waals surface area contributed by atoms with Gasteiger partial charge in [0.1, 0.15) is 5.84 Å². The number of aliphatic hydroxyl groups is 1. The van der Waals surface area contributed by atoms with Crippen LogP contribution in [0.1, 0.15) is 19.4 Å². The van der Waals surface area contributed by atoms with E-state index in [-0.39, 0.29) is 17.2 Å². The van der Waals surface area contributed by atoms with E-state index >= 15 is 0 Å². The van der Waals surface area contributed by atoms with Crippen molar-refractivity contribution in [3.63, 3.8) is 0 Å². The number of nitrogens with two attached hydrogens (primary N) is 1. The fourth-order valence-corrected chi connectivity index (χ4v) is 2.15. The Hall–Kier alpha value is -1.00. The smallest absolute Gasteiger partial charge is 0.123 e. The lowest BCUT2D eigenvalue weighted by atomic mass is 10.2. The molecule has 0 spiro atoms. The van der Waals surface area contributed by atoms with Crippen molar-refractivity contribution in [2.45, 2.75) is 30.1 Å². The van der Waals surface area contributed by atoms with Crippen LogP contribution in [0.3, 0.4) is 0 Å². The van der Waals surface area contributed by atoms with Crippen molar-refractivity contribution in [2.24, 2.45) is 5.73 Å². The Morgan fingerprint density at radius 1 is 1.40 bits per heavy atom. The van der Waals surface area contributed by atoms with Crippen LogP contribution in [-0.2, 0) is 0 Å². The van der Waals surface area contributed by atoms with E-state index in [9.17, 15) is 5.11 Å². The topological polar surface area (TPSA) is 70.1 Å². The van der Waals surface area contributed by atoms with Gasteiger partial charge in [-0.05, 0) is 13.0 Å². The molecule has 0 bridgehead atoms. The second-order valence-corrected chi connectivity index (χ2v) is 4.89. The van der Waals surface area contributed by atoms with Gasteiger partial charge in [0.2, 0.25) is 0 Å². The van der Waals surface area contributed by atoms with E-state index in [0.29, 0.717) is 0 Å². The maximum atomic E-state index is 9.41. The molecule has 0 fully saturated rings. The van der Waals surface area contributed by atoms with Crippen molar-refractivity contribution < 1.29 is 5.11 Å². The van der Waals surface area contributed by atoms with Gasteiger partial charge in [-0.3, -0.25) is 5.41 Å². The van der Waals surface area contributed by atoms with E-state index in [2.05, 4.69) is 0 Å². The van der Waals surface area contributed by atoms with Gasteiger partial charge in [0.05, 0.1) is 6.10 Å². The average Bonchev–Trinajstić information content (AvgIpc) is 2.18. The Morgan fingerprint density at radius 2 is 2.00 bits per heavy atom. The van der Waals surface area contributed by atoms with Gasteiger partial charge in [-0.1, -0.05) is 25.1 Å². The number of hydrogen-bond donors (Lipinski definition) is 3. The molecule has 0 saturated heterocycles. The summed E-state index contributed by atoms with van der Waals surface area (Å²) in [6.07, 6.45) is -0.380. The van der Waals surface area contributed by atoms with Crippen LogP contribution < -0.4 is 5.73 Å². The molecule has 0 aliphatic rings. The lowest BCUT2D eigenvalue weighted by molar-refractivity contribution is 0.196. The summed E-state index contributed by atoms with van der Waals surface area (Å²) in [6, 6.07) is 7.50. The second-order valence-electron chi connectivity index (χ2n) is 3.47. The molecule has 82 valence electrons. The van der Waals surface area contributed by atoms with Crippen LogP contribution in [0.5, 0.6) is 0 Å². The Morgan fingerprint density at radius 3 is 2.53 bits per heavy atom. The van der Waals surface area contributed by atoms with E-state index in [1.807, 2.05) is 31.2 Å². The predicted molar refractivity (Wildman–Crippen MR) is 64.5 cm³/mol. The summed E-state index contributed by atoms with van der Waals surface area (Å²) >= 11 is 1.54. The maximum absolute atomic E-state index is 9.41. The van der Waals surface area contributed by atoms with Gasteiger partial charge in [0, 0.05) is 15.7 Å². The fraction of sp³-hybridized carbons (Fsp3) is 0.364. The first-order chi connectivity index (χ1) is 7.02. The molecule has 0 aliphatic heterocycles. The highest BCUT2D eigenvalue weighted by Crippen LogP contribution is 2.28. The van der Waals surface area contributed by atoms with E-state index in [1.165, 1.54) is 11.8 Å². The zero-order valence-electron chi connectivity index (χ0n) is 8.90. The van der Waals surface area contributed by atoms with Gasteiger partial charge in [-0.25, -0.2) is 0 Å². The number of aliphatic hydroxyl groups excluding tert-OH is 1. The zero-order valence-corrected chi connectivity index (χ0v) is 9.71. The lowest BCUT2D eigenvalue weighted by Gasteiger charge is -2.15. The molecule has 0 aliphatic carbocycles. The minimum absolute atomic E-state index is 0.0656. The third-order valence-electron chi connectivity index (χ3n) is 2.17. The summed E-state index contributed by atoms with van der Waals surface area (Å²) < 4.78 is 0. The molecule has 3 nitrogen and oxygen atoms in total. The van der Waals surface area contributed by atoms with Crippen molar-refractivity contribution in [1.29, 1.82) is 5.41 Å². The number of rotatable bonds is 4. The first-order valence-electron chi connectivity index (χ1n) is 4.80. The summed E-state index contributed by atoms with van der Waals surface area (Å²) in [5.41, 5.74) is 6.21. The van der Waals surface area contributed by atoms with E-state index in [4.69, 9.17) is 11.1 Å². The molecule has 4 N–H and O–H groups in total. The molecule has 1 aromatic rings. The number of amidine groups is 1. The van der Waals surface area contributed by atoms with E-state index in [0.717, 1.165) is 10.5 Å². The Balaban J connectivity index is 2.89. The lowest BCUT2D eigenvalue weighted by Crippen LogP contribution is -2.17. The van der Waals surface area contributed by atoms with Crippen LogP contribution in [-0.4, -0.2) is 22.3 Å². The standard InChI is InChI=1S/C11H16N2OS/c1-7(14)8(2)15-10-6-4-3-5-9(10)11(12)13/h3-8,14H,1-2H3,(H3,12,13). The molecule has 0 amide bonds. The molecule has 1 rings (SSSR count). The SMILES string of the molecule is CC(O)C(C)Sc1ccccc1C(=N)N. The number of nitrogen functional groups attached to an aromatic ring is 1. The van der Waals surface area contributed by atoms with Crippen LogP contribution in [0.4, 0.5) is 0 Å². The minimum Gasteiger partial charge on any atom is -0.392 e. The summed E-state index contributed by atoms with van der Waals surface area (Å²) in [4.78, 5) is 0.943. The highest BCUT2D eigenvalue weighted by Gasteiger charge is 2.13. The number of benzene rings is 1. The summed E-state index contributed by atoms with van der Waals surface area (Å²) in [7, 11) is 0. The van der Waals surface area contributed by atoms with Gasteiger partial charge in [-0.15, -0.1) is 11.8 Å². The highest BCUT2D eigenvalue weighted by molar-refractivity contribution is 8.00. The van der Waals surface area contributed by atoms with Crippen molar-refractivity contribution in [3.05, 3.63) is 29.8 Å². The van der Waals surface area contributed by atoms with E-state index < -0.39 is 0 Å². The van der Waals surface area contributed by atoms with Crippen molar-refractivity contribution in [1.82, 2.24) is 0 Å². The molecular weight excluding hydrogens is 208 g/mol. The van der Waals surface area contributed by atoms with Crippen LogP contribution in [0, 0.1) is 5.41 Å². The van der Waals surface area contributed by atoms with Crippen LogP contribution >= 0.6 is 11.8 Å². The number of nitrogens with one attached hydrogen (secondary N) is 1. The van der Waals surface area contributed by atoms with Crippen LogP contribution in [0.25, 0.3) is 0 Å². The van der Waals surface area contributed by atoms with Gasteiger partial charge in [0.15, 0.2) is 0 Å². The largest absolute Gasteiger partial charge is 0.392 e. The first-order valence-corrected chi connectivity index (χ1v) is 5.68. The zero-order chi connectivity index (χ0) is 11.4. The third kappa shape index (κ3) is 3.25. The Bertz CT molecular complexity index is 352. The molecule has 1 aromatic carbocycles. The van der Waals surface area contributed by atoms with Gasteiger partial charge < -0.3 is 10.8 Å². The van der Waals surface area contributed by atoms with Gasteiger partial charge >= 0.3 is 0 Å². The molecule has 0 heterocycles. The van der Waals surface area contributed by atoms with Gasteiger partial charge in [0.25, 0.3) is 0 Å². The molecule has 15 heavy (non-hydrogen) atoms. The van der Waals surface area contributed by atoms with E-state index in [1.54, 1.807) is 6.92 Å².